The molecule has 4 bridgehead atoms. The summed E-state index contributed by atoms with van der Waals surface area (Å²) in [4.78, 5) is 57.8. The predicted molar refractivity (Wildman–Crippen MR) is 344 cm³/mol. The van der Waals surface area contributed by atoms with Crippen LogP contribution in [0.4, 0.5) is 32.3 Å². The highest BCUT2D eigenvalue weighted by Gasteiger charge is 2.50. The summed E-state index contributed by atoms with van der Waals surface area (Å²) in [6.07, 6.45) is 15.6. The molecule has 11 rings (SSSR count). The fourth-order valence-corrected chi connectivity index (χ4v) is 13.0. The van der Waals surface area contributed by atoms with Crippen LogP contribution in [0, 0.1) is 0 Å². The Hall–Kier alpha value is -8.48. The predicted octanol–water partition coefficient (Wildman–Crippen LogP) is 14.8. The van der Waals surface area contributed by atoms with E-state index in [1.54, 1.807) is 87.0 Å². The van der Waals surface area contributed by atoms with Crippen LogP contribution in [-0.4, -0.2) is 104 Å². The summed E-state index contributed by atoms with van der Waals surface area (Å²) >= 11 is 0. The smallest absolute Gasteiger partial charge is 0.319 e. The second kappa shape index (κ2) is 28.1. The lowest BCUT2D eigenvalue weighted by atomic mass is 10.0. The molecular formula is C70H86N8O10. The first-order valence-corrected chi connectivity index (χ1v) is 31.4. The summed E-state index contributed by atoms with van der Waals surface area (Å²) in [7, 11) is 7.46. The van der Waals surface area contributed by atoms with Gasteiger partial charge in [0.05, 0.1) is 14.2 Å². The van der Waals surface area contributed by atoms with Crippen LogP contribution in [0.15, 0.2) is 127 Å². The quantitative estimate of drug-likeness (QED) is 0.0459. The standard InChI is InChI=1S/C36H44N4O5.C34H42N4O5/c1-5-26(6-2)37-35(42)38-27-11-16-32(33(23-27)43-4)44-30-14-15-31-25(22-30)18-21-40(31)34(41)24-9-12-29(13-10-24)45-36-19-7-8-28(17-20-36)39(36)3;1-5-24(6-2)36-33(40)37-26-13-18-30(31(22-26)41-4)42-28-16-11-25(12-17-28)35-32(39)23-9-14-29(15-10-23)43-34-20-7-8-27(19-21-34)38(34)3/h9-16,22-23,26,28H,5-8,17-21H2,1-4H3,(H2,37,38,42);9-18,22,24,27H,5-8,19-21H2,1-4H3,(H,35,39)(H2,36,37,40). The Morgan fingerprint density at radius 3 is 1.44 bits per heavy atom. The molecule has 4 saturated heterocycles. The van der Waals surface area contributed by atoms with Crippen molar-refractivity contribution in [2.75, 3.05) is 55.7 Å². The fraction of sp³-hybridized carbons (Fsp3) is 0.429. The number of hydrogen-bond donors (Lipinski definition) is 5. The second-order valence-corrected chi connectivity index (χ2v) is 23.7. The number of nitrogens with zero attached hydrogens (tertiary/aromatic N) is 3. The van der Waals surface area contributed by atoms with Crippen molar-refractivity contribution in [2.24, 2.45) is 0 Å². The Balaban J connectivity index is 0.000000195. The third kappa shape index (κ3) is 14.4. The van der Waals surface area contributed by atoms with Gasteiger partial charge in [-0.15, -0.1) is 0 Å². The molecule has 6 aromatic rings. The molecule has 0 spiro atoms. The summed E-state index contributed by atoms with van der Waals surface area (Å²) in [6.45, 7) is 8.78. The topological polar surface area (TPSA) is 194 Å². The molecule has 6 aromatic carbocycles. The largest absolute Gasteiger partial charge is 0.493 e. The average Bonchev–Trinajstić information content (AvgIpc) is 3.32. The highest BCUT2D eigenvalue weighted by molar-refractivity contribution is 6.07. The minimum Gasteiger partial charge on any atom is -0.493 e. The molecule has 5 heterocycles. The lowest BCUT2D eigenvalue weighted by molar-refractivity contribution is -0.0825. The maximum atomic E-state index is 13.5. The zero-order valence-corrected chi connectivity index (χ0v) is 52.2. The van der Waals surface area contributed by atoms with Crippen LogP contribution >= 0.6 is 0 Å². The molecular weight excluding hydrogens is 1110 g/mol. The van der Waals surface area contributed by atoms with Crippen LogP contribution in [0.5, 0.6) is 46.0 Å². The molecule has 6 amide bonds. The fourth-order valence-electron chi connectivity index (χ4n) is 13.0. The molecule has 0 aliphatic carbocycles. The zero-order chi connectivity index (χ0) is 62.0. The number of anilines is 4. The van der Waals surface area contributed by atoms with Crippen molar-refractivity contribution in [2.45, 2.75) is 160 Å². The van der Waals surface area contributed by atoms with Crippen molar-refractivity contribution >= 4 is 46.6 Å². The molecule has 0 aromatic heterocycles. The molecule has 0 saturated carbocycles. The minimum atomic E-state index is -0.259. The molecule has 18 heteroatoms. The van der Waals surface area contributed by atoms with Gasteiger partial charge < -0.3 is 59.9 Å². The summed E-state index contributed by atoms with van der Waals surface area (Å²) in [5.41, 5.74) is 4.55. The number of ether oxygens (including phenoxy) is 6. The van der Waals surface area contributed by atoms with Crippen molar-refractivity contribution in [1.29, 1.82) is 0 Å². The number of benzene rings is 6. The van der Waals surface area contributed by atoms with Crippen molar-refractivity contribution in [1.82, 2.24) is 20.4 Å². The lowest BCUT2D eigenvalue weighted by Gasteiger charge is -2.42. The van der Waals surface area contributed by atoms with E-state index in [4.69, 9.17) is 28.4 Å². The highest BCUT2D eigenvalue weighted by Crippen LogP contribution is 2.46. The third-order valence-corrected chi connectivity index (χ3v) is 18.4. The Kier molecular flexibility index (Phi) is 20.0. The maximum absolute atomic E-state index is 13.5. The van der Waals surface area contributed by atoms with Gasteiger partial charge in [-0.1, -0.05) is 27.7 Å². The van der Waals surface area contributed by atoms with Gasteiger partial charge in [0.1, 0.15) is 23.0 Å². The van der Waals surface area contributed by atoms with Gasteiger partial charge in [-0.3, -0.25) is 19.4 Å². The number of fused-ring (bicyclic) bond motifs is 5. The molecule has 4 fully saturated rings. The highest BCUT2D eigenvalue weighted by atomic mass is 16.5. The molecule has 5 aliphatic heterocycles. The van der Waals surface area contributed by atoms with Gasteiger partial charge >= 0.3 is 12.1 Å². The lowest BCUT2D eigenvalue weighted by Crippen LogP contribution is -2.51. The summed E-state index contributed by atoms with van der Waals surface area (Å²) in [6, 6.07) is 39.3. The molecule has 4 unspecified atom stereocenters. The van der Waals surface area contributed by atoms with Crippen molar-refractivity contribution < 1.29 is 47.6 Å². The van der Waals surface area contributed by atoms with E-state index >= 15 is 0 Å². The third-order valence-electron chi connectivity index (χ3n) is 18.4. The van der Waals surface area contributed by atoms with Crippen molar-refractivity contribution in [3.8, 4) is 46.0 Å². The van der Waals surface area contributed by atoms with Crippen LogP contribution < -0.4 is 59.9 Å². The Morgan fingerprint density at radius 2 is 0.955 bits per heavy atom. The minimum absolute atomic E-state index is 0.0270. The van der Waals surface area contributed by atoms with Crippen LogP contribution in [0.1, 0.15) is 144 Å². The van der Waals surface area contributed by atoms with Gasteiger partial charge in [0.2, 0.25) is 0 Å². The number of rotatable bonds is 21. The van der Waals surface area contributed by atoms with E-state index in [9.17, 15) is 19.2 Å². The first kappa shape index (κ1) is 62.6. The number of carbonyl (C=O) groups is 4. The SMILES string of the molecule is CCC(CC)NC(=O)Nc1ccc(Oc2ccc(NC(=O)c3ccc(OC45CCCC(CC4)N5C)cc3)cc2)c(OC)c1.CCC(CC)NC(=O)Nc1ccc(Oc2ccc3c(c2)CCN3C(=O)c2ccc(OC34CCCC(CC3)N4C)cc2)c(OC)c1. The molecule has 5 N–H and O–H groups in total. The van der Waals surface area contributed by atoms with E-state index in [1.807, 2.05) is 87.2 Å². The van der Waals surface area contributed by atoms with E-state index < -0.39 is 0 Å². The number of piperidine rings is 2. The van der Waals surface area contributed by atoms with Crippen molar-refractivity contribution in [3.05, 3.63) is 144 Å². The Morgan fingerprint density at radius 1 is 0.500 bits per heavy atom. The van der Waals surface area contributed by atoms with E-state index in [1.165, 1.54) is 38.5 Å². The summed E-state index contributed by atoms with van der Waals surface area (Å²) in [5.74, 6) is 4.61. The van der Waals surface area contributed by atoms with Crippen LogP contribution in [0.3, 0.4) is 0 Å². The zero-order valence-electron chi connectivity index (χ0n) is 52.2. The number of methoxy groups -OCH3 is 2. The van der Waals surface area contributed by atoms with Gasteiger partial charge in [0.15, 0.2) is 34.4 Å². The first-order chi connectivity index (χ1) is 42.6. The van der Waals surface area contributed by atoms with E-state index in [-0.39, 0.29) is 47.4 Å². The van der Waals surface area contributed by atoms with Crippen molar-refractivity contribution in [3.63, 3.8) is 0 Å². The summed E-state index contributed by atoms with van der Waals surface area (Å²) in [5, 5.41) is 14.6. The molecule has 18 nitrogen and oxygen atoms in total. The monoisotopic (exact) mass is 1200 g/mol. The number of nitrogens with one attached hydrogen (secondary N) is 5. The molecule has 5 aliphatic rings. The van der Waals surface area contributed by atoms with Gasteiger partial charge in [0.25, 0.3) is 11.8 Å². The Labute approximate surface area is 517 Å². The van der Waals surface area contributed by atoms with Crippen LogP contribution in [0.2, 0.25) is 0 Å². The van der Waals surface area contributed by atoms with E-state index in [0.717, 1.165) is 80.5 Å². The number of hydrogen-bond acceptors (Lipinski definition) is 12. The van der Waals surface area contributed by atoms with Gasteiger partial charge in [-0.05, 0) is 206 Å². The molecule has 0 radical (unpaired) electrons. The molecule has 4 atom stereocenters. The Bertz CT molecular complexity index is 3380. The van der Waals surface area contributed by atoms with E-state index in [0.29, 0.717) is 81.3 Å². The number of urea groups is 2. The number of amides is 6. The van der Waals surface area contributed by atoms with E-state index in [2.05, 4.69) is 50.5 Å². The molecule has 466 valence electrons. The van der Waals surface area contributed by atoms with Crippen LogP contribution in [-0.2, 0) is 6.42 Å². The van der Waals surface area contributed by atoms with Gasteiger partial charge in [-0.2, -0.15) is 0 Å². The summed E-state index contributed by atoms with van der Waals surface area (Å²) < 4.78 is 36.3. The van der Waals surface area contributed by atoms with Gasteiger partial charge in [0, 0.05) is 102 Å². The maximum Gasteiger partial charge on any atom is 0.319 e. The molecule has 88 heavy (non-hydrogen) atoms. The van der Waals surface area contributed by atoms with Crippen LogP contribution in [0.25, 0.3) is 0 Å². The van der Waals surface area contributed by atoms with Gasteiger partial charge in [-0.25, -0.2) is 9.59 Å². The normalized spacial score (nSPS) is 20.0. The first-order valence-electron chi connectivity index (χ1n) is 31.4. The second-order valence-electron chi connectivity index (χ2n) is 23.7. The number of carbonyl (C=O) groups excluding carboxylic acids is 4. The average molecular weight is 1200 g/mol.